The van der Waals surface area contributed by atoms with Gasteiger partial charge in [0, 0.05) is 6.08 Å². The third-order valence-corrected chi connectivity index (χ3v) is 4.41. The fraction of sp³-hybridized carbons (Fsp3) is 0.524. The smallest absolute Gasteiger partial charge is 0.166 e. The maximum atomic E-state index is 12.6. The Labute approximate surface area is 145 Å². The number of ketones is 2. The summed E-state index contributed by atoms with van der Waals surface area (Å²) in [5.41, 5.74) is 2.60. The Morgan fingerprint density at radius 1 is 1.04 bits per heavy atom. The summed E-state index contributed by atoms with van der Waals surface area (Å²) in [6, 6.07) is 0. The number of hydrogen-bond acceptors (Lipinski definition) is 3. The molecule has 0 heterocycles. The first-order valence-electron chi connectivity index (χ1n) is 8.57. The Kier molecular flexibility index (Phi) is 7.40. The normalized spacial score (nSPS) is 21.4. The molecule has 1 aliphatic rings. The molecule has 24 heavy (non-hydrogen) atoms. The van der Waals surface area contributed by atoms with Crippen LogP contribution in [0.2, 0.25) is 0 Å². The van der Waals surface area contributed by atoms with Crippen molar-refractivity contribution in [3.8, 4) is 0 Å². The second-order valence-electron chi connectivity index (χ2n) is 7.24. The van der Waals surface area contributed by atoms with E-state index in [9.17, 15) is 14.7 Å². The molecule has 1 atom stereocenters. The maximum absolute atomic E-state index is 12.6. The van der Waals surface area contributed by atoms with E-state index in [4.69, 9.17) is 0 Å². The molecule has 3 heteroatoms. The molecule has 0 aliphatic heterocycles. The quantitative estimate of drug-likeness (QED) is 0.502. The van der Waals surface area contributed by atoms with Gasteiger partial charge in [-0.2, -0.15) is 0 Å². The molecule has 1 rings (SSSR count). The lowest BCUT2D eigenvalue weighted by Crippen LogP contribution is -2.37. The van der Waals surface area contributed by atoms with Crippen molar-refractivity contribution in [3.63, 3.8) is 0 Å². The summed E-state index contributed by atoms with van der Waals surface area (Å²) in [6.07, 6.45) is 10.1. The average molecular weight is 330 g/mol. The van der Waals surface area contributed by atoms with Gasteiger partial charge in [0.1, 0.15) is 5.76 Å². The Hall–Kier alpha value is -1.90. The molecule has 0 aromatic heterocycles. The summed E-state index contributed by atoms with van der Waals surface area (Å²) in [6.45, 7) is 10.1. The van der Waals surface area contributed by atoms with Crippen LogP contribution in [0.5, 0.6) is 0 Å². The largest absolute Gasteiger partial charge is 0.511 e. The van der Waals surface area contributed by atoms with Crippen molar-refractivity contribution in [1.82, 2.24) is 0 Å². The van der Waals surface area contributed by atoms with Crippen LogP contribution < -0.4 is 0 Å². The van der Waals surface area contributed by atoms with Crippen LogP contribution in [-0.2, 0) is 9.59 Å². The molecule has 0 fully saturated rings. The van der Waals surface area contributed by atoms with E-state index in [0.29, 0.717) is 12.8 Å². The lowest BCUT2D eigenvalue weighted by Gasteiger charge is -2.32. The molecular formula is C21H30O3. The predicted octanol–water partition coefficient (Wildman–Crippen LogP) is 5.40. The van der Waals surface area contributed by atoms with Crippen LogP contribution in [0.15, 0.2) is 46.8 Å². The molecular weight excluding hydrogens is 300 g/mol. The number of carbonyl (C=O) groups is 2. The lowest BCUT2D eigenvalue weighted by molar-refractivity contribution is -0.133. The SMILES string of the molecule is CC(C)=CCC/C(C)=C/CC1(CC=C(C)C)C(=O)CC(=O)C=C1O. The molecule has 0 bridgehead atoms. The highest BCUT2D eigenvalue weighted by Gasteiger charge is 2.44. The van der Waals surface area contributed by atoms with Gasteiger partial charge in [0.2, 0.25) is 0 Å². The van der Waals surface area contributed by atoms with Crippen LogP contribution in [0.4, 0.5) is 0 Å². The molecule has 1 unspecified atom stereocenters. The van der Waals surface area contributed by atoms with Crippen molar-refractivity contribution in [2.24, 2.45) is 5.41 Å². The third kappa shape index (κ3) is 5.63. The Morgan fingerprint density at radius 2 is 1.62 bits per heavy atom. The Balaban J connectivity index is 3.01. The Morgan fingerprint density at radius 3 is 2.17 bits per heavy atom. The monoisotopic (exact) mass is 330 g/mol. The first-order valence-corrected chi connectivity index (χ1v) is 8.57. The second kappa shape index (κ2) is 8.81. The first-order chi connectivity index (χ1) is 11.2. The molecule has 0 amide bonds. The number of Topliss-reactive ketones (excluding diaryl/α,β-unsaturated/α-hetero) is 1. The van der Waals surface area contributed by atoms with E-state index in [0.717, 1.165) is 18.4 Å². The minimum atomic E-state index is -0.983. The van der Waals surface area contributed by atoms with Gasteiger partial charge in [0.05, 0.1) is 11.8 Å². The minimum absolute atomic E-state index is 0.0883. The van der Waals surface area contributed by atoms with Gasteiger partial charge in [-0.25, -0.2) is 0 Å². The highest BCUT2D eigenvalue weighted by atomic mass is 16.3. The standard InChI is InChI=1S/C21H30O3/c1-15(2)7-6-8-17(5)10-12-21(11-9-16(3)4)19(23)13-18(22)14-20(21)24/h7,9-10,13,23H,6,8,11-12,14H2,1-5H3/b17-10+. The van der Waals surface area contributed by atoms with Gasteiger partial charge in [-0.3, -0.25) is 9.59 Å². The average Bonchev–Trinajstić information content (AvgIpc) is 2.45. The summed E-state index contributed by atoms with van der Waals surface area (Å²) in [4.78, 5) is 24.1. The van der Waals surface area contributed by atoms with E-state index in [-0.39, 0.29) is 23.7 Å². The second-order valence-corrected chi connectivity index (χ2v) is 7.24. The molecule has 0 aromatic rings. The van der Waals surface area contributed by atoms with Gasteiger partial charge >= 0.3 is 0 Å². The van der Waals surface area contributed by atoms with Crippen molar-refractivity contribution in [1.29, 1.82) is 0 Å². The predicted molar refractivity (Wildman–Crippen MR) is 98.9 cm³/mol. The number of aliphatic hydroxyl groups excluding tert-OH is 1. The van der Waals surface area contributed by atoms with Crippen LogP contribution in [-0.4, -0.2) is 16.7 Å². The van der Waals surface area contributed by atoms with Crippen molar-refractivity contribution in [2.45, 2.75) is 66.7 Å². The number of rotatable bonds is 7. The first kappa shape index (κ1) is 20.1. The van der Waals surface area contributed by atoms with Gasteiger partial charge in [0.15, 0.2) is 11.6 Å². The third-order valence-electron chi connectivity index (χ3n) is 4.41. The summed E-state index contributed by atoms with van der Waals surface area (Å²) in [7, 11) is 0. The van der Waals surface area contributed by atoms with Crippen molar-refractivity contribution < 1.29 is 14.7 Å². The van der Waals surface area contributed by atoms with E-state index < -0.39 is 5.41 Å². The van der Waals surface area contributed by atoms with E-state index in [1.54, 1.807) is 0 Å². The number of aliphatic hydroxyl groups is 1. The zero-order chi connectivity index (χ0) is 18.3. The zero-order valence-electron chi connectivity index (χ0n) is 15.6. The number of carbonyl (C=O) groups excluding carboxylic acids is 2. The summed E-state index contributed by atoms with van der Waals surface area (Å²) in [5, 5.41) is 10.4. The van der Waals surface area contributed by atoms with Gasteiger partial charge in [0.25, 0.3) is 0 Å². The van der Waals surface area contributed by atoms with Crippen LogP contribution in [0.1, 0.15) is 66.7 Å². The zero-order valence-corrected chi connectivity index (χ0v) is 15.6. The van der Waals surface area contributed by atoms with Crippen LogP contribution in [0, 0.1) is 5.41 Å². The molecule has 0 spiro atoms. The van der Waals surface area contributed by atoms with E-state index in [1.807, 2.05) is 32.9 Å². The van der Waals surface area contributed by atoms with Crippen LogP contribution in [0.25, 0.3) is 0 Å². The number of hydrogen-bond donors (Lipinski definition) is 1. The fourth-order valence-electron chi connectivity index (χ4n) is 2.75. The topological polar surface area (TPSA) is 54.4 Å². The molecule has 0 saturated carbocycles. The van der Waals surface area contributed by atoms with Crippen LogP contribution >= 0.6 is 0 Å². The lowest BCUT2D eigenvalue weighted by atomic mass is 9.70. The molecule has 3 nitrogen and oxygen atoms in total. The van der Waals surface area contributed by atoms with Crippen LogP contribution in [0.3, 0.4) is 0 Å². The maximum Gasteiger partial charge on any atom is 0.166 e. The van der Waals surface area contributed by atoms with Crippen molar-refractivity contribution in [2.75, 3.05) is 0 Å². The molecule has 0 aromatic carbocycles. The van der Waals surface area contributed by atoms with E-state index >= 15 is 0 Å². The Bertz CT molecular complexity index is 609. The summed E-state index contributed by atoms with van der Waals surface area (Å²) < 4.78 is 0. The van der Waals surface area contributed by atoms with Crippen molar-refractivity contribution in [3.05, 3.63) is 46.8 Å². The summed E-state index contributed by atoms with van der Waals surface area (Å²) >= 11 is 0. The summed E-state index contributed by atoms with van der Waals surface area (Å²) in [5.74, 6) is -0.581. The minimum Gasteiger partial charge on any atom is -0.511 e. The molecule has 1 N–H and O–H groups in total. The van der Waals surface area contributed by atoms with Gasteiger partial charge in [-0.15, -0.1) is 0 Å². The van der Waals surface area contributed by atoms with Gasteiger partial charge in [-0.05, 0) is 60.3 Å². The van der Waals surface area contributed by atoms with Gasteiger partial charge in [-0.1, -0.05) is 34.9 Å². The molecule has 0 saturated heterocycles. The highest BCUT2D eigenvalue weighted by molar-refractivity contribution is 6.10. The molecule has 1 aliphatic carbocycles. The molecule has 132 valence electrons. The van der Waals surface area contributed by atoms with Crippen molar-refractivity contribution >= 4 is 11.6 Å². The highest BCUT2D eigenvalue weighted by Crippen LogP contribution is 2.40. The number of allylic oxidation sites excluding steroid dienone is 8. The fourth-order valence-corrected chi connectivity index (χ4v) is 2.75. The van der Waals surface area contributed by atoms with Gasteiger partial charge < -0.3 is 5.11 Å². The van der Waals surface area contributed by atoms with E-state index in [1.165, 1.54) is 17.2 Å². The molecule has 0 radical (unpaired) electrons. The van der Waals surface area contributed by atoms with E-state index in [2.05, 4.69) is 19.9 Å².